The third-order valence-corrected chi connectivity index (χ3v) is 10.5. The van der Waals surface area contributed by atoms with Crippen LogP contribution in [-0.2, 0) is 10.2 Å². The average Bonchev–Trinajstić information content (AvgIpc) is 3.32. The number of nitrogens with zero attached hydrogens (tertiary/aromatic N) is 5. The van der Waals surface area contributed by atoms with Crippen LogP contribution in [0.1, 0.15) is 36.1 Å². The molecule has 5 heterocycles. The van der Waals surface area contributed by atoms with E-state index < -0.39 is 10.2 Å². The SMILES string of the molecule is Cc1sc2nc(-c3cccs3)nc(N3CCN(S(=O)(=O)N4CCCCCC4)CC3)c2c1C. The minimum absolute atomic E-state index is 0.487. The zero-order chi connectivity index (χ0) is 22.3. The Hall–Kier alpha value is -1.59. The molecule has 172 valence electrons. The standard InChI is InChI=1S/C22H29N5O2S3/c1-16-17(2)31-22-19(16)21(23-20(24-22)18-8-7-15-30-18)25-11-13-27(14-12-25)32(28,29)26-9-5-3-4-6-10-26/h7-8,15H,3-6,9-14H2,1-2H3. The molecule has 0 bridgehead atoms. The van der Waals surface area contributed by atoms with Gasteiger partial charge in [-0.2, -0.15) is 17.0 Å². The number of aromatic nitrogens is 2. The molecule has 7 nitrogen and oxygen atoms in total. The fourth-order valence-electron chi connectivity index (χ4n) is 4.54. The largest absolute Gasteiger partial charge is 0.353 e. The number of hydrogen-bond donors (Lipinski definition) is 0. The Morgan fingerprint density at radius 2 is 1.59 bits per heavy atom. The van der Waals surface area contributed by atoms with Crippen molar-refractivity contribution in [3.63, 3.8) is 0 Å². The van der Waals surface area contributed by atoms with E-state index in [9.17, 15) is 8.42 Å². The molecule has 0 amide bonds. The molecule has 0 atom stereocenters. The molecule has 3 aromatic rings. The van der Waals surface area contributed by atoms with Crippen LogP contribution in [0.4, 0.5) is 5.82 Å². The highest BCUT2D eigenvalue weighted by Crippen LogP contribution is 2.37. The summed E-state index contributed by atoms with van der Waals surface area (Å²) in [5.41, 5.74) is 1.22. The molecule has 2 fully saturated rings. The van der Waals surface area contributed by atoms with Crippen LogP contribution in [0.15, 0.2) is 17.5 Å². The van der Waals surface area contributed by atoms with Crippen LogP contribution >= 0.6 is 22.7 Å². The minimum Gasteiger partial charge on any atom is -0.353 e. The lowest BCUT2D eigenvalue weighted by Gasteiger charge is -2.37. The molecular formula is C22H29N5O2S3. The summed E-state index contributed by atoms with van der Waals surface area (Å²) >= 11 is 3.35. The van der Waals surface area contributed by atoms with E-state index in [1.165, 1.54) is 10.4 Å². The Bertz CT molecular complexity index is 1190. The summed E-state index contributed by atoms with van der Waals surface area (Å²) in [7, 11) is -3.39. The molecule has 10 heteroatoms. The number of rotatable bonds is 4. The van der Waals surface area contributed by atoms with Gasteiger partial charge in [0.05, 0.1) is 10.3 Å². The number of fused-ring (bicyclic) bond motifs is 1. The molecule has 5 rings (SSSR count). The summed E-state index contributed by atoms with van der Waals surface area (Å²) in [6, 6.07) is 4.07. The predicted molar refractivity (Wildman–Crippen MR) is 133 cm³/mol. The molecule has 0 aliphatic carbocycles. The second kappa shape index (κ2) is 8.98. The van der Waals surface area contributed by atoms with E-state index in [0.29, 0.717) is 39.3 Å². The van der Waals surface area contributed by atoms with Crippen LogP contribution in [0.25, 0.3) is 20.9 Å². The first kappa shape index (κ1) is 22.2. The average molecular weight is 492 g/mol. The Balaban J connectivity index is 1.42. The van der Waals surface area contributed by atoms with Crippen molar-refractivity contribution in [2.24, 2.45) is 0 Å². The van der Waals surface area contributed by atoms with Crippen molar-refractivity contribution in [3.05, 3.63) is 28.0 Å². The highest BCUT2D eigenvalue weighted by molar-refractivity contribution is 7.86. The molecule has 0 N–H and O–H groups in total. The highest BCUT2D eigenvalue weighted by Gasteiger charge is 2.33. The first-order chi connectivity index (χ1) is 15.4. The molecular weight excluding hydrogens is 462 g/mol. The lowest BCUT2D eigenvalue weighted by molar-refractivity contribution is 0.327. The highest BCUT2D eigenvalue weighted by atomic mass is 32.2. The third-order valence-electron chi connectivity index (χ3n) is 6.51. The molecule has 0 radical (unpaired) electrons. The first-order valence-corrected chi connectivity index (χ1v) is 14.4. The Kier molecular flexibility index (Phi) is 6.23. The van der Waals surface area contributed by atoms with E-state index in [4.69, 9.17) is 9.97 Å². The van der Waals surface area contributed by atoms with E-state index in [-0.39, 0.29) is 0 Å². The van der Waals surface area contributed by atoms with Crippen molar-refractivity contribution in [2.75, 3.05) is 44.2 Å². The number of aryl methyl sites for hydroxylation is 2. The summed E-state index contributed by atoms with van der Waals surface area (Å²) in [4.78, 5) is 15.4. The molecule has 0 unspecified atom stereocenters. The van der Waals surface area contributed by atoms with Gasteiger partial charge in [-0.05, 0) is 43.7 Å². The van der Waals surface area contributed by atoms with Gasteiger partial charge in [-0.3, -0.25) is 0 Å². The molecule has 0 aromatic carbocycles. The van der Waals surface area contributed by atoms with Crippen molar-refractivity contribution >= 4 is 48.9 Å². The monoisotopic (exact) mass is 491 g/mol. The molecule has 0 spiro atoms. The van der Waals surface area contributed by atoms with Crippen LogP contribution in [-0.4, -0.2) is 66.3 Å². The first-order valence-electron chi connectivity index (χ1n) is 11.3. The molecule has 2 aliphatic rings. The van der Waals surface area contributed by atoms with Gasteiger partial charge in [-0.25, -0.2) is 9.97 Å². The van der Waals surface area contributed by atoms with Crippen LogP contribution in [0, 0.1) is 13.8 Å². The summed E-state index contributed by atoms with van der Waals surface area (Å²) < 4.78 is 29.8. The van der Waals surface area contributed by atoms with Crippen molar-refractivity contribution in [2.45, 2.75) is 39.5 Å². The van der Waals surface area contributed by atoms with E-state index in [1.54, 1.807) is 31.3 Å². The second-order valence-corrected chi connectivity index (χ2v) is 12.6. The molecule has 32 heavy (non-hydrogen) atoms. The van der Waals surface area contributed by atoms with Crippen molar-refractivity contribution in [3.8, 4) is 10.7 Å². The van der Waals surface area contributed by atoms with Crippen LogP contribution in [0.2, 0.25) is 0 Å². The topological polar surface area (TPSA) is 69.6 Å². The van der Waals surface area contributed by atoms with E-state index in [2.05, 4.69) is 24.8 Å². The van der Waals surface area contributed by atoms with Gasteiger partial charge in [-0.15, -0.1) is 22.7 Å². The van der Waals surface area contributed by atoms with Crippen molar-refractivity contribution in [1.82, 2.24) is 18.6 Å². The fraction of sp³-hybridized carbons (Fsp3) is 0.545. The van der Waals surface area contributed by atoms with Crippen LogP contribution < -0.4 is 4.90 Å². The summed E-state index contributed by atoms with van der Waals surface area (Å²) in [6.45, 7) is 7.80. The van der Waals surface area contributed by atoms with E-state index >= 15 is 0 Å². The number of hydrogen-bond acceptors (Lipinski definition) is 7. The van der Waals surface area contributed by atoms with Gasteiger partial charge in [0.2, 0.25) is 0 Å². The zero-order valence-electron chi connectivity index (χ0n) is 18.6. The lowest BCUT2D eigenvalue weighted by atomic mass is 10.2. The van der Waals surface area contributed by atoms with Crippen LogP contribution in [0.5, 0.6) is 0 Å². The molecule has 3 aromatic heterocycles. The Morgan fingerprint density at radius 1 is 0.906 bits per heavy atom. The van der Waals surface area contributed by atoms with Gasteiger partial charge in [0, 0.05) is 44.1 Å². The minimum atomic E-state index is -3.39. The van der Waals surface area contributed by atoms with E-state index in [0.717, 1.165) is 52.4 Å². The third kappa shape index (κ3) is 4.07. The van der Waals surface area contributed by atoms with Gasteiger partial charge in [0.25, 0.3) is 10.2 Å². The normalized spacial score (nSPS) is 19.5. The zero-order valence-corrected chi connectivity index (χ0v) is 21.0. The molecule has 2 aliphatic heterocycles. The van der Waals surface area contributed by atoms with E-state index in [1.807, 2.05) is 11.4 Å². The summed E-state index contributed by atoms with van der Waals surface area (Å²) in [6.07, 6.45) is 4.16. The maximum atomic E-state index is 13.2. The van der Waals surface area contributed by atoms with Gasteiger partial charge in [-0.1, -0.05) is 18.9 Å². The van der Waals surface area contributed by atoms with Crippen molar-refractivity contribution in [1.29, 1.82) is 0 Å². The van der Waals surface area contributed by atoms with Crippen molar-refractivity contribution < 1.29 is 8.42 Å². The fourth-order valence-corrected chi connectivity index (χ4v) is 7.89. The van der Waals surface area contributed by atoms with Gasteiger partial charge >= 0.3 is 0 Å². The second-order valence-electron chi connectivity index (χ2n) is 8.52. The maximum Gasteiger partial charge on any atom is 0.282 e. The van der Waals surface area contributed by atoms with Crippen LogP contribution in [0.3, 0.4) is 0 Å². The number of anilines is 1. The quantitative estimate of drug-likeness (QED) is 0.545. The smallest absolute Gasteiger partial charge is 0.282 e. The summed E-state index contributed by atoms with van der Waals surface area (Å²) in [5.74, 6) is 1.69. The number of piperazine rings is 1. The summed E-state index contributed by atoms with van der Waals surface area (Å²) in [5, 5.41) is 3.15. The molecule has 0 saturated carbocycles. The van der Waals surface area contributed by atoms with Gasteiger partial charge in [0.1, 0.15) is 10.6 Å². The van der Waals surface area contributed by atoms with Gasteiger partial charge < -0.3 is 4.90 Å². The predicted octanol–water partition coefficient (Wildman–Crippen LogP) is 4.28. The number of thiophene rings is 2. The van der Waals surface area contributed by atoms with Gasteiger partial charge in [0.15, 0.2) is 5.82 Å². The lowest BCUT2D eigenvalue weighted by Crippen LogP contribution is -2.53. The Labute approximate surface area is 197 Å². The Morgan fingerprint density at radius 3 is 2.25 bits per heavy atom. The molecule has 2 saturated heterocycles. The maximum absolute atomic E-state index is 13.2.